The zero-order valence-corrected chi connectivity index (χ0v) is 20.5. The minimum Gasteiger partial charge on any atom is -0.379 e. The van der Waals surface area contributed by atoms with E-state index in [0.29, 0.717) is 5.56 Å². The Kier molecular flexibility index (Phi) is 8.97. The summed E-state index contributed by atoms with van der Waals surface area (Å²) >= 11 is 0. The summed E-state index contributed by atoms with van der Waals surface area (Å²) in [6, 6.07) is 15.8. The highest BCUT2D eigenvalue weighted by atomic mass is 16.5. The molecular formula is C26H34N4O5. The molecule has 1 fully saturated rings. The highest BCUT2D eigenvalue weighted by Gasteiger charge is 2.47. The van der Waals surface area contributed by atoms with Gasteiger partial charge in [-0.15, -0.1) is 0 Å². The number of carbonyl (C=O) groups excluding carboxylic acids is 3. The number of hydroxylamine groups is 1. The number of likely N-dealkylation sites (N-methyl/N-ethyl adjacent to an activating group) is 2. The Labute approximate surface area is 206 Å². The molecule has 1 saturated heterocycles. The molecule has 0 bridgehead atoms. The Hall–Kier alpha value is -3.27. The van der Waals surface area contributed by atoms with Crippen molar-refractivity contribution >= 4 is 17.7 Å². The first-order valence-electron chi connectivity index (χ1n) is 11.7. The molecule has 2 aromatic rings. The summed E-state index contributed by atoms with van der Waals surface area (Å²) in [5.74, 6) is -2.23. The van der Waals surface area contributed by atoms with Gasteiger partial charge < -0.3 is 15.0 Å². The lowest BCUT2D eigenvalue weighted by Crippen LogP contribution is -2.64. The Morgan fingerprint density at radius 3 is 1.97 bits per heavy atom. The lowest BCUT2D eigenvalue weighted by molar-refractivity contribution is -0.148. The molecule has 1 heterocycles. The van der Waals surface area contributed by atoms with Gasteiger partial charge in [-0.2, -0.15) is 0 Å². The molecule has 0 spiro atoms. The van der Waals surface area contributed by atoms with E-state index in [2.05, 4.69) is 34.5 Å². The van der Waals surface area contributed by atoms with Crippen LogP contribution in [-0.2, 0) is 33.7 Å². The molecule has 1 aliphatic heterocycles. The number of ether oxygens (including phenoxy) is 1. The summed E-state index contributed by atoms with van der Waals surface area (Å²) in [6.45, 7) is 5.74. The average molecular weight is 483 g/mol. The standard InChI is InChI=1S/C26H34N4O5/c1-26(24(32)27-2,25(33)28-34)29(3)23(31)22-12-10-20(11-13-22)5-4-19-6-8-21(9-7-19)18-30-14-16-35-17-15-30/h6-13,34H,4-5,14-18H2,1-3H3,(H,27,32)(H,28,33)/t26-/m0/s1. The molecule has 1 aliphatic rings. The van der Waals surface area contributed by atoms with Gasteiger partial charge in [0, 0.05) is 39.3 Å². The van der Waals surface area contributed by atoms with Gasteiger partial charge >= 0.3 is 0 Å². The normalized spacial score (nSPS) is 15.7. The molecular weight excluding hydrogens is 448 g/mol. The van der Waals surface area contributed by atoms with Crippen molar-refractivity contribution in [3.8, 4) is 0 Å². The minimum absolute atomic E-state index is 0.338. The third kappa shape index (κ3) is 6.25. The predicted molar refractivity (Wildman–Crippen MR) is 131 cm³/mol. The summed E-state index contributed by atoms with van der Waals surface area (Å²) < 4.78 is 5.40. The zero-order chi connectivity index (χ0) is 25.4. The van der Waals surface area contributed by atoms with Crippen LogP contribution in [0.4, 0.5) is 0 Å². The number of morpholine rings is 1. The van der Waals surface area contributed by atoms with Crippen LogP contribution in [0.25, 0.3) is 0 Å². The van der Waals surface area contributed by atoms with E-state index in [1.807, 2.05) is 12.1 Å². The summed E-state index contributed by atoms with van der Waals surface area (Å²) in [6.07, 6.45) is 1.69. The molecule has 1 atom stereocenters. The number of nitrogens with one attached hydrogen (secondary N) is 2. The molecule has 0 unspecified atom stereocenters. The van der Waals surface area contributed by atoms with Gasteiger partial charge in [-0.05, 0) is 48.6 Å². The number of hydrogen-bond donors (Lipinski definition) is 3. The minimum atomic E-state index is -1.91. The van der Waals surface area contributed by atoms with Gasteiger partial charge in [0.25, 0.3) is 17.7 Å². The molecule has 3 rings (SSSR count). The third-order valence-electron chi connectivity index (χ3n) is 6.62. The highest BCUT2D eigenvalue weighted by molar-refractivity contribution is 6.12. The number of benzene rings is 2. The van der Waals surface area contributed by atoms with Crippen molar-refractivity contribution in [1.29, 1.82) is 0 Å². The molecule has 0 aliphatic carbocycles. The quantitative estimate of drug-likeness (QED) is 0.283. The van der Waals surface area contributed by atoms with Crippen molar-refractivity contribution in [1.82, 2.24) is 20.6 Å². The van der Waals surface area contributed by atoms with Crippen LogP contribution in [-0.4, -0.2) is 78.7 Å². The zero-order valence-electron chi connectivity index (χ0n) is 20.5. The Morgan fingerprint density at radius 2 is 1.46 bits per heavy atom. The Morgan fingerprint density at radius 1 is 0.943 bits per heavy atom. The van der Waals surface area contributed by atoms with Gasteiger partial charge in [-0.3, -0.25) is 24.5 Å². The smallest absolute Gasteiger partial charge is 0.278 e. The second-order valence-electron chi connectivity index (χ2n) is 8.86. The molecule has 0 radical (unpaired) electrons. The van der Waals surface area contributed by atoms with E-state index in [-0.39, 0.29) is 0 Å². The largest absolute Gasteiger partial charge is 0.379 e. The number of aryl methyl sites for hydroxylation is 2. The van der Waals surface area contributed by atoms with Gasteiger partial charge in [-0.1, -0.05) is 36.4 Å². The molecule has 3 N–H and O–H groups in total. The van der Waals surface area contributed by atoms with E-state index in [1.165, 1.54) is 37.6 Å². The maximum atomic E-state index is 13.0. The van der Waals surface area contributed by atoms with Crippen LogP contribution < -0.4 is 10.8 Å². The van der Waals surface area contributed by atoms with Gasteiger partial charge in [0.2, 0.25) is 0 Å². The van der Waals surface area contributed by atoms with Crippen molar-refractivity contribution in [3.05, 3.63) is 70.8 Å². The van der Waals surface area contributed by atoms with E-state index in [4.69, 9.17) is 9.94 Å². The monoisotopic (exact) mass is 482 g/mol. The molecule has 188 valence electrons. The summed E-state index contributed by atoms with van der Waals surface area (Å²) in [4.78, 5) is 40.9. The van der Waals surface area contributed by atoms with Crippen molar-refractivity contribution in [2.24, 2.45) is 0 Å². The van der Waals surface area contributed by atoms with Crippen LogP contribution in [0.5, 0.6) is 0 Å². The van der Waals surface area contributed by atoms with E-state index in [0.717, 1.165) is 56.2 Å². The average Bonchev–Trinajstić information content (AvgIpc) is 2.91. The fourth-order valence-corrected chi connectivity index (χ4v) is 4.09. The molecule has 9 nitrogen and oxygen atoms in total. The van der Waals surface area contributed by atoms with Gasteiger partial charge in [0.1, 0.15) is 0 Å². The fourth-order valence-electron chi connectivity index (χ4n) is 4.09. The van der Waals surface area contributed by atoms with Crippen LogP contribution >= 0.6 is 0 Å². The number of nitrogens with zero attached hydrogens (tertiary/aromatic N) is 2. The summed E-state index contributed by atoms with van der Waals surface area (Å²) in [5, 5.41) is 11.4. The first-order valence-corrected chi connectivity index (χ1v) is 11.7. The first-order chi connectivity index (χ1) is 16.8. The fraction of sp³-hybridized carbons (Fsp3) is 0.423. The van der Waals surface area contributed by atoms with Gasteiger partial charge in [0.15, 0.2) is 5.54 Å². The second-order valence-corrected chi connectivity index (χ2v) is 8.86. The third-order valence-corrected chi connectivity index (χ3v) is 6.62. The van der Waals surface area contributed by atoms with Crippen LogP contribution in [0.3, 0.4) is 0 Å². The lowest BCUT2D eigenvalue weighted by Gasteiger charge is -2.34. The van der Waals surface area contributed by atoms with Gasteiger partial charge in [0.05, 0.1) is 13.2 Å². The lowest BCUT2D eigenvalue weighted by atomic mass is 9.96. The van der Waals surface area contributed by atoms with Crippen molar-refractivity contribution in [2.75, 3.05) is 40.4 Å². The number of rotatable bonds is 9. The first kappa shape index (κ1) is 26.3. The van der Waals surface area contributed by atoms with Crippen LogP contribution in [0.1, 0.15) is 34.0 Å². The van der Waals surface area contributed by atoms with E-state index < -0.39 is 23.3 Å². The van der Waals surface area contributed by atoms with E-state index in [9.17, 15) is 14.4 Å². The molecule has 3 amide bonds. The van der Waals surface area contributed by atoms with Crippen molar-refractivity contribution < 1.29 is 24.3 Å². The maximum Gasteiger partial charge on any atom is 0.278 e. The highest BCUT2D eigenvalue weighted by Crippen LogP contribution is 2.19. The molecule has 0 saturated carbocycles. The maximum absolute atomic E-state index is 13.0. The summed E-state index contributed by atoms with van der Waals surface area (Å²) in [7, 11) is 2.71. The number of amides is 3. The number of carbonyl (C=O) groups is 3. The van der Waals surface area contributed by atoms with E-state index in [1.54, 1.807) is 12.1 Å². The van der Waals surface area contributed by atoms with Crippen LogP contribution in [0.2, 0.25) is 0 Å². The van der Waals surface area contributed by atoms with E-state index >= 15 is 0 Å². The second kappa shape index (κ2) is 11.9. The molecule has 35 heavy (non-hydrogen) atoms. The molecule has 2 aromatic carbocycles. The molecule has 9 heteroatoms. The van der Waals surface area contributed by atoms with Crippen molar-refractivity contribution in [2.45, 2.75) is 31.8 Å². The Balaban J connectivity index is 1.58. The van der Waals surface area contributed by atoms with Gasteiger partial charge in [-0.25, -0.2) is 5.48 Å². The van der Waals surface area contributed by atoms with Crippen LogP contribution in [0, 0.1) is 0 Å². The summed E-state index contributed by atoms with van der Waals surface area (Å²) in [5.41, 5.74) is 3.51. The van der Waals surface area contributed by atoms with Crippen LogP contribution in [0.15, 0.2) is 48.5 Å². The SMILES string of the molecule is CNC(=O)[C@@](C)(C(=O)NO)N(C)C(=O)c1ccc(CCc2ccc(CN3CCOCC3)cc2)cc1. The predicted octanol–water partition coefficient (Wildman–Crippen LogP) is 1.39. The van der Waals surface area contributed by atoms with Crippen molar-refractivity contribution in [3.63, 3.8) is 0 Å². The topological polar surface area (TPSA) is 111 Å². The number of hydrogen-bond acceptors (Lipinski definition) is 6. The molecule has 0 aromatic heterocycles. The Bertz CT molecular complexity index is 1000.